The molecular formula is C20H26O9. The molecule has 4 N–H and O–H groups in total. The molecule has 0 bridgehead atoms. The molecule has 1 aromatic carbocycles. The Morgan fingerprint density at radius 2 is 1.97 bits per heavy atom. The minimum Gasteiger partial charge on any atom is -0.489 e. The average Bonchev–Trinajstić information content (AvgIpc) is 3.16. The summed E-state index contributed by atoms with van der Waals surface area (Å²) < 4.78 is 22.4. The van der Waals surface area contributed by atoms with Gasteiger partial charge in [-0.25, -0.2) is 0 Å². The quantitative estimate of drug-likeness (QED) is 0.367. The Balaban J connectivity index is 1.38. The van der Waals surface area contributed by atoms with Crippen molar-refractivity contribution in [3.05, 3.63) is 23.3 Å². The minimum absolute atomic E-state index is 0.107. The first kappa shape index (κ1) is 20.5. The summed E-state index contributed by atoms with van der Waals surface area (Å²) in [6.07, 6.45) is -5.16. The first-order chi connectivity index (χ1) is 13.9. The lowest BCUT2D eigenvalue weighted by Crippen LogP contribution is -2.59. The Bertz CT molecular complexity index is 765. The number of aliphatic hydroxyl groups excluding tert-OH is 4. The van der Waals surface area contributed by atoms with Gasteiger partial charge < -0.3 is 39.4 Å². The molecule has 0 aliphatic carbocycles. The second-order valence-corrected chi connectivity index (χ2v) is 7.87. The summed E-state index contributed by atoms with van der Waals surface area (Å²) in [5, 5.41) is 39.0. The third kappa shape index (κ3) is 3.86. The lowest BCUT2D eigenvalue weighted by molar-refractivity contribution is -0.303. The molecule has 0 aromatic heterocycles. The van der Waals surface area contributed by atoms with Gasteiger partial charge in [0.25, 0.3) is 0 Å². The molecule has 0 radical (unpaired) electrons. The van der Waals surface area contributed by atoms with Crippen LogP contribution in [-0.2, 0) is 27.1 Å². The van der Waals surface area contributed by atoms with Gasteiger partial charge >= 0.3 is 5.97 Å². The maximum absolute atomic E-state index is 11.7. The molecule has 1 saturated heterocycles. The number of hydrogen-bond donors (Lipinski definition) is 4. The van der Waals surface area contributed by atoms with Crippen LogP contribution in [0.25, 0.3) is 0 Å². The maximum atomic E-state index is 11.7. The normalized spacial score (nSPS) is 34.7. The van der Waals surface area contributed by atoms with Gasteiger partial charge in [-0.1, -0.05) is 13.0 Å². The second kappa shape index (κ2) is 8.17. The number of aryl methyl sites for hydroxylation is 1. The fraction of sp³-hybridized carbons (Fsp3) is 0.650. The van der Waals surface area contributed by atoms with Crippen molar-refractivity contribution in [2.24, 2.45) is 5.92 Å². The van der Waals surface area contributed by atoms with Crippen LogP contribution in [0.3, 0.4) is 0 Å². The zero-order valence-electron chi connectivity index (χ0n) is 16.1. The number of aliphatic hydroxyl groups is 4. The van der Waals surface area contributed by atoms with Crippen molar-refractivity contribution in [2.45, 2.75) is 63.0 Å². The fourth-order valence-corrected chi connectivity index (χ4v) is 3.97. The summed E-state index contributed by atoms with van der Waals surface area (Å²) in [5.74, 6) is 0.935. The van der Waals surface area contributed by atoms with Gasteiger partial charge in [-0.3, -0.25) is 4.79 Å². The molecule has 9 nitrogen and oxygen atoms in total. The smallest absolute Gasteiger partial charge is 0.311 e. The number of carbonyl (C=O) groups is 1. The van der Waals surface area contributed by atoms with Crippen LogP contribution < -0.4 is 9.47 Å². The second-order valence-electron chi connectivity index (χ2n) is 7.87. The summed E-state index contributed by atoms with van der Waals surface area (Å²) in [5.41, 5.74) is 1.87. The highest BCUT2D eigenvalue weighted by molar-refractivity contribution is 5.76. The number of carbonyl (C=O) groups excluding carboxylic acids is 1. The van der Waals surface area contributed by atoms with Crippen molar-refractivity contribution in [3.8, 4) is 11.5 Å². The Labute approximate surface area is 167 Å². The highest BCUT2D eigenvalue weighted by Crippen LogP contribution is 2.42. The number of benzene rings is 1. The van der Waals surface area contributed by atoms with Crippen molar-refractivity contribution in [1.82, 2.24) is 0 Å². The Morgan fingerprint density at radius 3 is 2.72 bits per heavy atom. The van der Waals surface area contributed by atoms with E-state index in [4.69, 9.17) is 18.9 Å². The third-order valence-electron chi connectivity index (χ3n) is 5.80. The molecule has 1 aromatic rings. The van der Waals surface area contributed by atoms with Crippen molar-refractivity contribution >= 4 is 5.97 Å². The van der Waals surface area contributed by atoms with Crippen LogP contribution in [0, 0.1) is 5.92 Å². The summed E-state index contributed by atoms with van der Waals surface area (Å²) in [6.45, 7) is 1.56. The molecule has 0 spiro atoms. The van der Waals surface area contributed by atoms with Crippen LogP contribution >= 0.6 is 0 Å². The van der Waals surface area contributed by atoms with Crippen molar-refractivity contribution in [1.29, 1.82) is 0 Å². The van der Waals surface area contributed by atoms with E-state index in [1.54, 1.807) is 0 Å². The molecule has 2 unspecified atom stereocenters. The van der Waals surface area contributed by atoms with Crippen LogP contribution in [0.1, 0.15) is 24.5 Å². The SMILES string of the molecule is CC(CO[C@H]1O[C@@H](CO)[C@H](O)[C@@H](O)[C@H]1O)C1Cc2c(ccc3c2OC(=O)CC3)O1. The molecule has 7 atom stereocenters. The fourth-order valence-electron chi connectivity index (χ4n) is 3.97. The Morgan fingerprint density at radius 1 is 1.17 bits per heavy atom. The van der Waals surface area contributed by atoms with Gasteiger partial charge in [0.1, 0.15) is 42.0 Å². The van der Waals surface area contributed by atoms with Crippen LogP contribution in [0.4, 0.5) is 0 Å². The molecule has 3 aliphatic heterocycles. The van der Waals surface area contributed by atoms with E-state index in [-0.39, 0.29) is 24.6 Å². The van der Waals surface area contributed by atoms with Crippen LogP contribution in [-0.4, -0.2) is 76.4 Å². The molecule has 1 fully saturated rings. The maximum Gasteiger partial charge on any atom is 0.311 e. The number of ether oxygens (including phenoxy) is 4. The van der Waals surface area contributed by atoms with Gasteiger partial charge in [0.2, 0.25) is 0 Å². The molecule has 0 saturated carbocycles. The standard InChI is InChI=1S/C20H26O9/c1-9(8-26-20-18(25)17(24)16(23)14(7-21)28-20)13-6-11-12(27-13)4-2-10-3-5-15(22)29-19(10)11/h2,4,9,13-14,16-18,20-21,23-25H,3,5-8H2,1H3/t9?,13?,14-,16-,17+,18+,20-/m0/s1. The predicted octanol–water partition coefficient (Wildman–Crippen LogP) is -0.706. The van der Waals surface area contributed by atoms with E-state index in [0.717, 1.165) is 11.1 Å². The van der Waals surface area contributed by atoms with Gasteiger partial charge in [-0.2, -0.15) is 0 Å². The van der Waals surface area contributed by atoms with Crippen molar-refractivity contribution in [2.75, 3.05) is 13.2 Å². The molecule has 3 heterocycles. The van der Waals surface area contributed by atoms with Gasteiger partial charge in [-0.15, -0.1) is 0 Å². The summed E-state index contributed by atoms with van der Waals surface area (Å²) in [7, 11) is 0. The lowest BCUT2D eigenvalue weighted by atomic mass is 9.96. The minimum atomic E-state index is -1.48. The van der Waals surface area contributed by atoms with E-state index in [1.807, 2.05) is 19.1 Å². The van der Waals surface area contributed by atoms with Gasteiger partial charge in [0.15, 0.2) is 6.29 Å². The number of fused-ring (bicyclic) bond motifs is 3. The van der Waals surface area contributed by atoms with Crippen molar-refractivity contribution in [3.63, 3.8) is 0 Å². The zero-order valence-corrected chi connectivity index (χ0v) is 16.1. The summed E-state index contributed by atoms with van der Waals surface area (Å²) in [6, 6.07) is 3.80. The van der Waals surface area contributed by atoms with Gasteiger partial charge in [0.05, 0.1) is 19.6 Å². The topological polar surface area (TPSA) is 135 Å². The first-order valence-electron chi connectivity index (χ1n) is 9.83. The highest BCUT2D eigenvalue weighted by Gasteiger charge is 2.44. The van der Waals surface area contributed by atoms with E-state index >= 15 is 0 Å². The highest BCUT2D eigenvalue weighted by atomic mass is 16.7. The number of hydrogen-bond acceptors (Lipinski definition) is 9. The van der Waals surface area contributed by atoms with E-state index in [2.05, 4.69) is 0 Å². The predicted molar refractivity (Wildman–Crippen MR) is 97.4 cm³/mol. The zero-order chi connectivity index (χ0) is 20.7. The number of rotatable bonds is 5. The first-order valence-corrected chi connectivity index (χ1v) is 9.83. The summed E-state index contributed by atoms with van der Waals surface area (Å²) >= 11 is 0. The van der Waals surface area contributed by atoms with Gasteiger partial charge in [0, 0.05) is 17.9 Å². The van der Waals surface area contributed by atoms with E-state index < -0.39 is 37.3 Å². The van der Waals surface area contributed by atoms with E-state index in [9.17, 15) is 25.2 Å². The van der Waals surface area contributed by atoms with Crippen molar-refractivity contribution < 1.29 is 44.2 Å². The molecule has 29 heavy (non-hydrogen) atoms. The van der Waals surface area contributed by atoms with Gasteiger partial charge in [-0.05, 0) is 18.1 Å². The molecule has 0 amide bonds. The molecular weight excluding hydrogens is 384 g/mol. The largest absolute Gasteiger partial charge is 0.489 e. The average molecular weight is 410 g/mol. The number of esters is 1. The molecule has 3 aliphatic rings. The third-order valence-corrected chi connectivity index (χ3v) is 5.80. The Kier molecular flexibility index (Phi) is 5.78. The van der Waals surface area contributed by atoms with E-state index in [1.165, 1.54) is 0 Å². The monoisotopic (exact) mass is 410 g/mol. The van der Waals surface area contributed by atoms with Crippen LogP contribution in [0.5, 0.6) is 11.5 Å². The van der Waals surface area contributed by atoms with Crippen LogP contribution in [0.15, 0.2) is 12.1 Å². The van der Waals surface area contributed by atoms with E-state index in [0.29, 0.717) is 30.8 Å². The molecule has 9 heteroatoms. The Hall–Kier alpha value is -1.75. The summed E-state index contributed by atoms with van der Waals surface area (Å²) in [4.78, 5) is 11.7. The van der Waals surface area contributed by atoms with Crippen LogP contribution in [0.2, 0.25) is 0 Å². The molecule has 4 rings (SSSR count). The molecule has 160 valence electrons. The lowest BCUT2D eigenvalue weighted by Gasteiger charge is -2.40.